The lowest BCUT2D eigenvalue weighted by atomic mass is 9.87. The Balaban J connectivity index is 2.39. The van der Waals surface area contributed by atoms with Crippen molar-refractivity contribution in [1.29, 1.82) is 0 Å². The number of nitrogens with zero attached hydrogens (tertiary/aromatic N) is 1. The normalized spacial score (nSPS) is 18.6. The summed E-state index contributed by atoms with van der Waals surface area (Å²) in [6.45, 7) is 9.68. The zero-order valence-corrected chi connectivity index (χ0v) is 19.3. The Morgan fingerprint density at radius 1 is 1.00 bits per heavy atom. The first kappa shape index (κ1) is 23.8. The Labute approximate surface area is 180 Å². The molecule has 1 aromatic carbocycles. The third-order valence-electron chi connectivity index (χ3n) is 5.39. The van der Waals surface area contributed by atoms with E-state index in [-0.39, 0.29) is 29.6 Å². The summed E-state index contributed by atoms with van der Waals surface area (Å²) in [6, 6.07) is 3.76. The number of carbonyl (C=O) groups excluding carboxylic acids is 2. The molecule has 1 saturated heterocycles. The van der Waals surface area contributed by atoms with Crippen LogP contribution in [-0.4, -0.2) is 57.7 Å². The molecule has 1 aliphatic rings. The predicted octanol–water partition coefficient (Wildman–Crippen LogP) is 3.07. The smallest absolute Gasteiger partial charge is 0.225 e. The molecule has 2 atom stereocenters. The molecule has 30 heavy (non-hydrogen) atoms. The summed E-state index contributed by atoms with van der Waals surface area (Å²) < 4.78 is 16.4. The van der Waals surface area contributed by atoms with Crippen molar-refractivity contribution in [2.24, 2.45) is 17.8 Å². The van der Waals surface area contributed by atoms with Gasteiger partial charge in [0.15, 0.2) is 11.5 Å². The van der Waals surface area contributed by atoms with E-state index in [9.17, 15) is 9.59 Å². The van der Waals surface area contributed by atoms with Gasteiger partial charge in [-0.15, -0.1) is 0 Å². The van der Waals surface area contributed by atoms with Crippen molar-refractivity contribution in [3.8, 4) is 17.2 Å². The second-order valence-electron chi connectivity index (χ2n) is 8.71. The second-order valence-corrected chi connectivity index (χ2v) is 8.71. The summed E-state index contributed by atoms with van der Waals surface area (Å²) in [5.41, 5.74) is 0.897. The Kier molecular flexibility index (Phi) is 8.38. The number of likely N-dealkylation sites (tertiary alicyclic amines) is 1. The summed E-state index contributed by atoms with van der Waals surface area (Å²) in [4.78, 5) is 27.6. The second kappa shape index (κ2) is 10.5. The lowest BCUT2D eigenvalue weighted by Gasteiger charge is -2.21. The molecule has 0 unspecified atom stereocenters. The van der Waals surface area contributed by atoms with Crippen LogP contribution in [-0.2, 0) is 9.59 Å². The minimum atomic E-state index is -0.331. The number of nitrogens with one attached hydrogen (secondary N) is 1. The van der Waals surface area contributed by atoms with Crippen molar-refractivity contribution in [1.82, 2.24) is 10.2 Å². The topological polar surface area (TPSA) is 77.1 Å². The highest BCUT2D eigenvalue weighted by Gasteiger charge is 2.41. The van der Waals surface area contributed by atoms with Gasteiger partial charge in [0.05, 0.1) is 27.2 Å². The van der Waals surface area contributed by atoms with Crippen LogP contribution in [0.15, 0.2) is 12.1 Å². The quantitative estimate of drug-likeness (QED) is 0.664. The third-order valence-corrected chi connectivity index (χ3v) is 5.39. The Morgan fingerprint density at radius 3 is 2.07 bits per heavy atom. The molecular weight excluding hydrogens is 384 g/mol. The van der Waals surface area contributed by atoms with Gasteiger partial charge >= 0.3 is 0 Å². The van der Waals surface area contributed by atoms with Crippen molar-refractivity contribution >= 4 is 11.8 Å². The zero-order valence-electron chi connectivity index (χ0n) is 19.3. The van der Waals surface area contributed by atoms with Crippen molar-refractivity contribution in [3.05, 3.63) is 17.7 Å². The van der Waals surface area contributed by atoms with E-state index in [1.165, 1.54) is 0 Å². The van der Waals surface area contributed by atoms with Crippen LogP contribution in [0.1, 0.15) is 45.6 Å². The minimum absolute atomic E-state index is 0.0256. The molecule has 0 aromatic heterocycles. The number of benzene rings is 1. The standard InChI is InChI=1S/C23H36N2O5/c1-14(2)8-21(26)25-12-17(18(13-25)23(27)24-11-15(3)4)16-9-19(28-5)22(30-7)20(10-16)29-6/h9-10,14-15,17-18H,8,11-13H2,1-7H3,(H,24,27)/t17-,18-/m0/s1. The molecule has 7 heteroatoms. The Hall–Kier alpha value is -2.44. The van der Waals surface area contributed by atoms with Gasteiger partial charge in [-0.2, -0.15) is 0 Å². The maximum atomic E-state index is 13.0. The summed E-state index contributed by atoms with van der Waals surface area (Å²) >= 11 is 0. The van der Waals surface area contributed by atoms with E-state index < -0.39 is 0 Å². The number of carbonyl (C=O) groups is 2. The van der Waals surface area contributed by atoms with Crippen molar-refractivity contribution < 1.29 is 23.8 Å². The molecule has 0 aliphatic carbocycles. The molecule has 0 saturated carbocycles. The molecule has 1 N–H and O–H groups in total. The van der Waals surface area contributed by atoms with Crippen LogP contribution >= 0.6 is 0 Å². The van der Waals surface area contributed by atoms with Gasteiger partial charge in [0.25, 0.3) is 0 Å². The van der Waals surface area contributed by atoms with Gasteiger partial charge < -0.3 is 24.4 Å². The van der Waals surface area contributed by atoms with Crippen LogP contribution in [0.25, 0.3) is 0 Å². The summed E-state index contributed by atoms with van der Waals surface area (Å²) in [5.74, 6) is 1.80. The lowest BCUT2D eigenvalue weighted by Crippen LogP contribution is -2.37. The van der Waals surface area contributed by atoms with Gasteiger partial charge in [-0.25, -0.2) is 0 Å². The summed E-state index contributed by atoms with van der Waals surface area (Å²) in [7, 11) is 4.70. The van der Waals surface area contributed by atoms with Gasteiger partial charge in [-0.1, -0.05) is 27.7 Å². The van der Waals surface area contributed by atoms with Gasteiger partial charge in [0.1, 0.15) is 0 Å². The predicted molar refractivity (Wildman–Crippen MR) is 116 cm³/mol. The van der Waals surface area contributed by atoms with Crippen molar-refractivity contribution in [2.45, 2.75) is 40.0 Å². The Morgan fingerprint density at radius 2 is 1.60 bits per heavy atom. The molecule has 0 radical (unpaired) electrons. The Bertz CT molecular complexity index is 722. The fourth-order valence-corrected chi connectivity index (χ4v) is 3.84. The highest BCUT2D eigenvalue weighted by atomic mass is 16.5. The largest absolute Gasteiger partial charge is 0.493 e. The van der Waals surface area contributed by atoms with Crippen LogP contribution < -0.4 is 19.5 Å². The number of ether oxygens (including phenoxy) is 3. The van der Waals surface area contributed by atoms with Gasteiger partial charge in [0, 0.05) is 32.0 Å². The maximum absolute atomic E-state index is 13.0. The average molecular weight is 421 g/mol. The van der Waals surface area contributed by atoms with Crippen LogP contribution in [0.4, 0.5) is 0 Å². The van der Waals surface area contributed by atoms with Crippen LogP contribution in [0.3, 0.4) is 0 Å². The average Bonchev–Trinajstić information content (AvgIpc) is 3.16. The third kappa shape index (κ3) is 5.58. The maximum Gasteiger partial charge on any atom is 0.225 e. The minimum Gasteiger partial charge on any atom is -0.493 e. The van der Waals surface area contributed by atoms with E-state index in [0.29, 0.717) is 49.2 Å². The first-order valence-electron chi connectivity index (χ1n) is 10.6. The molecule has 1 aromatic rings. The lowest BCUT2D eigenvalue weighted by molar-refractivity contribution is -0.131. The van der Waals surface area contributed by atoms with E-state index in [4.69, 9.17) is 14.2 Å². The van der Waals surface area contributed by atoms with Crippen LogP contribution in [0.5, 0.6) is 17.2 Å². The van der Waals surface area contributed by atoms with E-state index >= 15 is 0 Å². The fraction of sp³-hybridized carbons (Fsp3) is 0.652. The van der Waals surface area contributed by atoms with E-state index in [1.807, 2.05) is 30.9 Å². The fourth-order valence-electron chi connectivity index (χ4n) is 3.84. The summed E-state index contributed by atoms with van der Waals surface area (Å²) in [5, 5.41) is 3.04. The number of rotatable bonds is 9. The molecule has 168 valence electrons. The molecule has 0 bridgehead atoms. The summed E-state index contributed by atoms with van der Waals surface area (Å²) in [6.07, 6.45) is 0.475. The monoisotopic (exact) mass is 420 g/mol. The molecule has 1 fully saturated rings. The number of hydrogen-bond acceptors (Lipinski definition) is 5. The first-order chi connectivity index (χ1) is 14.2. The van der Waals surface area contributed by atoms with E-state index in [2.05, 4.69) is 19.2 Å². The van der Waals surface area contributed by atoms with Crippen molar-refractivity contribution in [3.63, 3.8) is 0 Å². The SMILES string of the molecule is COc1cc([C@@H]2CN(C(=O)CC(C)C)C[C@@H]2C(=O)NCC(C)C)cc(OC)c1OC. The first-order valence-corrected chi connectivity index (χ1v) is 10.6. The molecule has 7 nitrogen and oxygen atoms in total. The van der Waals surface area contributed by atoms with Crippen molar-refractivity contribution in [2.75, 3.05) is 41.0 Å². The van der Waals surface area contributed by atoms with E-state index in [0.717, 1.165) is 5.56 Å². The highest BCUT2D eigenvalue weighted by molar-refractivity contribution is 5.83. The molecule has 0 spiro atoms. The number of methoxy groups -OCH3 is 3. The van der Waals surface area contributed by atoms with Crippen LogP contribution in [0.2, 0.25) is 0 Å². The van der Waals surface area contributed by atoms with E-state index in [1.54, 1.807) is 21.3 Å². The van der Waals surface area contributed by atoms with Crippen LogP contribution in [0, 0.1) is 17.8 Å². The molecule has 1 heterocycles. The number of hydrogen-bond donors (Lipinski definition) is 1. The zero-order chi connectivity index (χ0) is 22.4. The molecule has 2 amide bonds. The highest BCUT2D eigenvalue weighted by Crippen LogP contribution is 2.43. The van der Waals surface area contributed by atoms with Gasteiger partial charge in [0.2, 0.25) is 17.6 Å². The molecule has 2 rings (SSSR count). The van der Waals surface area contributed by atoms with Gasteiger partial charge in [-0.3, -0.25) is 9.59 Å². The molecule has 1 aliphatic heterocycles. The van der Waals surface area contributed by atoms with Gasteiger partial charge in [-0.05, 0) is 29.5 Å². The molecular formula is C23H36N2O5. The number of amides is 2.